The Kier molecular flexibility index (Phi) is 4.02. The van der Waals surface area contributed by atoms with Gasteiger partial charge >= 0.3 is 0 Å². The van der Waals surface area contributed by atoms with E-state index in [4.69, 9.17) is 0 Å². The van der Waals surface area contributed by atoms with Crippen LogP contribution in [0.2, 0.25) is 0 Å². The Hall–Kier alpha value is -1.17. The molecule has 0 amide bonds. The number of anilines is 1. The molecule has 1 unspecified atom stereocenters. The van der Waals surface area contributed by atoms with Crippen LogP contribution in [0.5, 0.6) is 0 Å². The summed E-state index contributed by atoms with van der Waals surface area (Å²) in [6.45, 7) is 3.47. The molecule has 6 heteroatoms. The van der Waals surface area contributed by atoms with E-state index >= 15 is 0 Å². The maximum absolute atomic E-state index is 11.3. The van der Waals surface area contributed by atoms with Crippen molar-refractivity contribution < 1.29 is 8.42 Å². The first kappa shape index (κ1) is 11.9. The Labute approximate surface area is 89.9 Å². The van der Waals surface area contributed by atoms with Gasteiger partial charge in [-0.25, -0.2) is 18.4 Å². The molecule has 1 heterocycles. The van der Waals surface area contributed by atoms with E-state index in [1.807, 2.05) is 6.92 Å². The monoisotopic (exact) mass is 229 g/mol. The molecule has 0 aliphatic rings. The first-order valence-corrected chi connectivity index (χ1v) is 6.57. The molecule has 0 spiro atoms. The minimum Gasteiger partial charge on any atom is -0.379 e. The normalized spacial score (nSPS) is 13.5. The molecule has 1 N–H and O–H groups in total. The summed E-state index contributed by atoms with van der Waals surface area (Å²) in [7, 11) is -2.94. The molecule has 0 radical (unpaired) electrons. The Morgan fingerprint density at radius 2 is 2.00 bits per heavy atom. The lowest BCUT2D eigenvalue weighted by molar-refractivity contribution is 0.593. The second-order valence-corrected chi connectivity index (χ2v) is 5.77. The molecule has 0 aliphatic heterocycles. The van der Waals surface area contributed by atoms with E-state index in [1.54, 1.807) is 19.3 Å². The highest BCUT2D eigenvalue weighted by Gasteiger charge is 2.13. The Morgan fingerprint density at radius 1 is 1.40 bits per heavy atom. The zero-order valence-electron chi connectivity index (χ0n) is 8.84. The van der Waals surface area contributed by atoms with Crippen molar-refractivity contribution in [1.29, 1.82) is 0 Å². The van der Waals surface area contributed by atoms with Gasteiger partial charge in [0.15, 0.2) is 9.84 Å². The van der Waals surface area contributed by atoms with Crippen molar-refractivity contribution >= 4 is 15.5 Å². The fourth-order valence-electron chi connectivity index (χ4n) is 1.20. The molecule has 1 aromatic heterocycles. The van der Waals surface area contributed by atoms with Crippen LogP contribution < -0.4 is 5.32 Å². The van der Waals surface area contributed by atoms with Gasteiger partial charge in [0.2, 0.25) is 0 Å². The van der Waals surface area contributed by atoms with Crippen molar-refractivity contribution in [1.82, 2.24) is 9.97 Å². The minimum absolute atomic E-state index is 0.123. The summed E-state index contributed by atoms with van der Waals surface area (Å²) in [6.07, 6.45) is 4.66. The summed E-state index contributed by atoms with van der Waals surface area (Å²) in [5.74, 6) is 0.294. The first-order valence-electron chi connectivity index (χ1n) is 4.75. The second-order valence-electron chi connectivity index (χ2n) is 3.37. The first-order chi connectivity index (χ1) is 7.03. The van der Waals surface area contributed by atoms with Crippen molar-refractivity contribution in [2.24, 2.45) is 0 Å². The Bertz CT molecular complexity index is 391. The number of rotatable bonds is 5. The average molecular weight is 229 g/mol. The SMILES string of the molecule is CCS(=O)(=O)CC(C)Nc1cncnc1. The summed E-state index contributed by atoms with van der Waals surface area (Å²) in [5, 5.41) is 3.03. The van der Waals surface area contributed by atoms with Crippen molar-refractivity contribution in [3.8, 4) is 0 Å². The van der Waals surface area contributed by atoms with Crippen LogP contribution in [0.4, 0.5) is 5.69 Å². The lowest BCUT2D eigenvalue weighted by Gasteiger charge is -2.13. The number of nitrogens with zero attached hydrogens (tertiary/aromatic N) is 2. The molecule has 0 saturated heterocycles. The topological polar surface area (TPSA) is 72.0 Å². The van der Waals surface area contributed by atoms with E-state index < -0.39 is 9.84 Å². The maximum atomic E-state index is 11.3. The van der Waals surface area contributed by atoms with Crippen LogP contribution >= 0.6 is 0 Å². The van der Waals surface area contributed by atoms with E-state index in [-0.39, 0.29) is 17.5 Å². The lowest BCUT2D eigenvalue weighted by Crippen LogP contribution is -2.26. The maximum Gasteiger partial charge on any atom is 0.152 e. The summed E-state index contributed by atoms with van der Waals surface area (Å²) >= 11 is 0. The average Bonchev–Trinajstić information content (AvgIpc) is 2.18. The van der Waals surface area contributed by atoms with E-state index in [0.29, 0.717) is 0 Å². The number of sulfone groups is 1. The van der Waals surface area contributed by atoms with Gasteiger partial charge in [0, 0.05) is 11.8 Å². The van der Waals surface area contributed by atoms with Gasteiger partial charge < -0.3 is 5.32 Å². The van der Waals surface area contributed by atoms with Crippen LogP contribution in [0.15, 0.2) is 18.7 Å². The van der Waals surface area contributed by atoms with Gasteiger partial charge in [0.05, 0.1) is 23.8 Å². The molecule has 0 saturated carbocycles. The highest BCUT2D eigenvalue weighted by Crippen LogP contribution is 2.05. The molecule has 0 aromatic carbocycles. The number of aromatic nitrogens is 2. The van der Waals surface area contributed by atoms with Crippen LogP contribution in [-0.4, -0.2) is 35.9 Å². The summed E-state index contributed by atoms with van der Waals surface area (Å²) in [6, 6.07) is -0.138. The van der Waals surface area contributed by atoms with Crippen molar-refractivity contribution in [3.05, 3.63) is 18.7 Å². The molecule has 0 aliphatic carbocycles. The molecule has 0 bridgehead atoms. The molecular formula is C9H15N3O2S. The van der Waals surface area contributed by atoms with Gasteiger partial charge in [-0.2, -0.15) is 0 Å². The second kappa shape index (κ2) is 5.06. The predicted molar refractivity (Wildman–Crippen MR) is 59.4 cm³/mol. The van der Waals surface area contributed by atoms with E-state index in [0.717, 1.165) is 5.69 Å². The third-order valence-corrected chi connectivity index (χ3v) is 3.80. The van der Waals surface area contributed by atoms with Gasteiger partial charge in [-0.15, -0.1) is 0 Å². The van der Waals surface area contributed by atoms with Crippen LogP contribution in [0.25, 0.3) is 0 Å². The van der Waals surface area contributed by atoms with Crippen molar-refractivity contribution in [2.45, 2.75) is 19.9 Å². The molecule has 5 nitrogen and oxygen atoms in total. The van der Waals surface area contributed by atoms with Crippen LogP contribution in [0.1, 0.15) is 13.8 Å². The highest BCUT2D eigenvalue weighted by molar-refractivity contribution is 7.91. The molecule has 0 fully saturated rings. The quantitative estimate of drug-likeness (QED) is 0.805. The molecule has 1 aromatic rings. The summed E-state index contributed by atoms with van der Waals surface area (Å²) in [4.78, 5) is 7.66. The smallest absolute Gasteiger partial charge is 0.152 e. The summed E-state index contributed by atoms with van der Waals surface area (Å²) in [5.41, 5.74) is 0.733. The zero-order chi connectivity index (χ0) is 11.3. The fraction of sp³-hybridized carbons (Fsp3) is 0.556. The van der Waals surface area contributed by atoms with Gasteiger partial charge in [-0.3, -0.25) is 0 Å². The minimum atomic E-state index is -2.94. The van der Waals surface area contributed by atoms with Gasteiger partial charge in [0.25, 0.3) is 0 Å². The third kappa shape index (κ3) is 4.24. The number of hydrogen-bond acceptors (Lipinski definition) is 5. The van der Waals surface area contributed by atoms with Crippen LogP contribution in [0, 0.1) is 0 Å². The number of hydrogen-bond donors (Lipinski definition) is 1. The van der Waals surface area contributed by atoms with Gasteiger partial charge in [0.1, 0.15) is 6.33 Å². The van der Waals surface area contributed by atoms with E-state index in [9.17, 15) is 8.42 Å². The van der Waals surface area contributed by atoms with Crippen LogP contribution in [0.3, 0.4) is 0 Å². The third-order valence-electron chi connectivity index (χ3n) is 1.92. The van der Waals surface area contributed by atoms with Crippen LogP contribution in [-0.2, 0) is 9.84 Å². The Morgan fingerprint density at radius 3 is 2.53 bits per heavy atom. The molecule has 15 heavy (non-hydrogen) atoms. The van der Waals surface area contributed by atoms with Gasteiger partial charge in [-0.05, 0) is 6.92 Å². The largest absolute Gasteiger partial charge is 0.379 e. The fourth-order valence-corrected chi connectivity index (χ4v) is 2.28. The molecule has 84 valence electrons. The van der Waals surface area contributed by atoms with Crippen molar-refractivity contribution in [2.75, 3.05) is 16.8 Å². The lowest BCUT2D eigenvalue weighted by atomic mass is 10.4. The zero-order valence-corrected chi connectivity index (χ0v) is 9.66. The molecule has 1 atom stereocenters. The van der Waals surface area contributed by atoms with Crippen molar-refractivity contribution in [3.63, 3.8) is 0 Å². The molecule has 1 rings (SSSR count). The standard InChI is InChI=1S/C9H15N3O2S/c1-3-15(13,14)6-8(2)12-9-4-10-7-11-5-9/h4-5,7-8,12H,3,6H2,1-2H3. The number of nitrogens with one attached hydrogen (secondary N) is 1. The Balaban J connectivity index is 2.54. The predicted octanol–water partition coefficient (Wildman–Crippen LogP) is 0.712. The van der Waals surface area contributed by atoms with Gasteiger partial charge in [-0.1, -0.05) is 6.92 Å². The highest BCUT2D eigenvalue weighted by atomic mass is 32.2. The van der Waals surface area contributed by atoms with E-state index in [2.05, 4.69) is 15.3 Å². The summed E-state index contributed by atoms with van der Waals surface area (Å²) < 4.78 is 22.7. The molecular weight excluding hydrogens is 214 g/mol. The van der Waals surface area contributed by atoms with E-state index in [1.165, 1.54) is 6.33 Å².